The maximum absolute atomic E-state index is 13.3. The summed E-state index contributed by atoms with van der Waals surface area (Å²) in [6, 6.07) is 5.95. The lowest BCUT2D eigenvalue weighted by Crippen LogP contribution is -2.63. The largest absolute Gasteiger partial charge is 0.342 e. The van der Waals surface area contributed by atoms with Gasteiger partial charge in [-0.1, -0.05) is 39.2 Å². The highest BCUT2D eigenvalue weighted by atomic mass is 16.2. The van der Waals surface area contributed by atoms with Gasteiger partial charge in [0, 0.05) is 31.6 Å². The molecule has 5 nitrogen and oxygen atoms in total. The summed E-state index contributed by atoms with van der Waals surface area (Å²) in [5.74, 6) is 3.74. The van der Waals surface area contributed by atoms with E-state index >= 15 is 0 Å². The molecular weight excluding hydrogens is 434 g/mol. The van der Waals surface area contributed by atoms with Crippen molar-refractivity contribution in [3.63, 3.8) is 0 Å². The van der Waals surface area contributed by atoms with Gasteiger partial charge in [-0.3, -0.25) is 9.59 Å². The van der Waals surface area contributed by atoms with E-state index in [1.807, 2.05) is 18.2 Å². The van der Waals surface area contributed by atoms with Crippen LogP contribution < -0.4 is 5.32 Å². The third-order valence-electron chi connectivity index (χ3n) is 10.8. The van der Waals surface area contributed by atoms with E-state index in [0.717, 1.165) is 49.9 Å². The van der Waals surface area contributed by atoms with Crippen molar-refractivity contribution in [2.75, 3.05) is 12.4 Å². The number of amides is 2. The SMILES string of the molecule is CN1C(=O)C(CCCCCC(=O)Nc2ccccn2)C[C@@]2(C)C1CC[C@@H]1[C@H]2CC[C@]2(C)CCC[C@@H]12. The molecule has 1 aromatic rings. The van der Waals surface area contributed by atoms with Crippen molar-refractivity contribution >= 4 is 17.6 Å². The molecule has 4 fully saturated rings. The molecule has 1 saturated heterocycles. The molecule has 2 unspecified atom stereocenters. The number of fused-ring (bicyclic) bond motifs is 5. The Bertz CT molecular complexity index is 919. The summed E-state index contributed by atoms with van der Waals surface area (Å²) in [5.41, 5.74) is 0.853. The first-order chi connectivity index (χ1) is 16.8. The van der Waals surface area contributed by atoms with Crippen LogP contribution in [0.4, 0.5) is 5.82 Å². The number of likely N-dealkylation sites (tertiary alicyclic amines) is 1. The number of hydrogen-bond donors (Lipinski definition) is 1. The minimum atomic E-state index is 0.0250. The summed E-state index contributed by atoms with van der Waals surface area (Å²) < 4.78 is 0. The minimum Gasteiger partial charge on any atom is -0.342 e. The Labute approximate surface area is 211 Å². The smallest absolute Gasteiger partial charge is 0.225 e. The molecule has 0 bridgehead atoms. The van der Waals surface area contributed by atoms with Crippen molar-refractivity contribution in [1.82, 2.24) is 9.88 Å². The number of hydrogen-bond acceptors (Lipinski definition) is 3. The number of aromatic nitrogens is 1. The molecule has 1 aliphatic heterocycles. The summed E-state index contributed by atoms with van der Waals surface area (Å²) in [6.07, 6.45) is 16.7. The van der Waals surface area contributed by atoms with Gasteiger partial charge in [-0.2, -0.15) is 0 Å². The van der Waals surface area contributed by atoms with Crippen LogP contribution in [-0.2, 0) is 9.59 Å². The van der Waals surface area contributed by atoms with Crippen LogP contribution in [0, 0.1) is 34.5 Å². The van der Waals surface area contributed by atoms with Gasteiger partial charge in [0.1, 0.15) is 5.82 Å². The second-order valence-corrected chi connectivity index (χ2v) is 12.8. The predicted octanol–water partition coefficient (Wildman–Crippen LogP) is 6.45. The van der Waals surface area contributed by atoms with Gasteiger partial charge in [-0.25, -0.2) is 4.98 Å². The average Bonchev–Trinajstić information content (AvgIpc) is 3.24. The van der Waals surface area contributed by atoms with Gasteiger partial charge in [0.25, 0.3) is 0 Å². The van der Waals surface area contributed by atoms with E-state index in [1.165, 1.54) is 44.9 Å². The molecule has 4 aliphatic rings. The summed E-state index contributed by atoms with van der Waals surface area (Å²) in [6.45, 7) is 5.12. The fourth-order valence-corrected chi connectivity index (χ4v) is 9.13. The number of carbonyl (C=O) groups is 2. The van der Waals surface area contributed by atoms with Crippen LogP contribution in [0.5, 0.6) is 0 Å². The molecule has 2 heterocycles. The van der Waals surface area contributed by atoms with Gasteiger partial charge in [-0.05, 0) is 98.5 Å². The van der Waals surface area contributed by atoms with Crippen molar-refractivity contribution in [2.45, 2.75) is 103 Å². The van der Waals surface area contributed by atoms with Gasteiger partial charge in [0.2, 0.25) is 11.8 Å². The Morgan fingerprint density at radius 1 is 1.09 bits per heavy atom. The number of unbranched alkanes of at least 4 members (excludes halogenated alkanes) is 2. The molecule has 0 spiro atoms. The van der Waals surface area contributed by atoms with Crippen molar-refractivity contribution < 1.29 is 9.59 Å². The van der Waals surface area contributed by atoms with Gasteiger partial charge in [0.05, 0.1) is 0 Å². The third kappa shape index (κ3) is 4.64. The Kier molecular flexibility index (Phi) is 6.98. The van der Waals surface area contributed by atoms with Crippen LogP contribution in [0.1, 0.15) is 97.3 Å². The standard InChI is InChI=1S/C30H45N3O2/c1-29-17-9-11-23(29)22-14-15-25-30(2,24(22)16-18-29)20-21(28(35)33(25)3)10-5-4-6-13-27(34)32-26-12-7-8-19-31-26/h7-8,12,19,21-25H,4-6,9-11,13-18,20H2,1-3H3,(H,31,32,34)/t21?,22-,23-,24+,25?,29-,30+/m0/s1. The molecule has 7 atom stereocenters. The van der Waals surface area contributed by atoms with Crippen molar-refractivity contribution in [3.05, 3.63) is 24.4 Å². The van der Waals surface area contributed by atoms with E-state index < -0.39 is 0 Å². The second kappa shape index (κ2) is 9.86. The van der Waals surface area contributed by atoms with Crippen molar-refractivity contribution in [1.29, 1.82) is 0 Å². The summed E-state index contributed by atoms with van der Waals surface area (Å²) >= 11 is 0. The molecule has 192 valence electrons. The quantitative estimate of drug-likeness (QED) is 0.457. The molecule has 35 heavy (non-hydrogen) atoms. The molecule has 5 rings (SSSR count). The van der Waals surface area contributed by atoms with Crippen molar-refractivity contribution in [3.8, 4) is 0 Å². The lowest BCUT2D eigenvalue weighted by molar-refractivity contribution is -0.166. The minimum absolute atomic E-state index is 0.0250. The number of carbonyl (C=O) groups excluding carboxylic acids is 2. The van der Waals surface area contributed by atoms with Gasteiger partial charge in [0.15, 0.2) is 0 Å². The Balaban J connectivity index is 1.15. The van der Waals surface area contributed by atoms with E-state index in [1.54, 1.807) is 6.20 Å². The number of nitrogens with zero attached hydrogens (tertiary/aromatic N) is 2. The van der Waals surface area contributed by atoms with Crippen LogP contribution >= 0.6 is 0 Å². The van der Waals surface area contributed by atoms with Gasteiger partial charge < -0.3 is 10.2 Å². The molecule has 2 amide bonds. The molecule has 0 aromatic carbocycles. The Morgan fingerprint density at radius 3 is 2.74 bits per heavy atom. The molecule has 1 aromatic heterocycles. The van der Waals surface area contributed by atoms with E-state index in [4.69, 9.17) is 0 Å². The predicted molar refractivity (Wildman–Crippen MR) is 140 cm³/mol. The fraction of sp³-hybridized carbons (Fsp3) is 0.767. The first-order valence-corrected chi connectivity index (χ1v) is 14.3. The molecule has 3 saturated carbocycles. The summed E-state index contributed by atoms with van der Waals surface area (Å²) in [7, 11) is 2.09. The van der Waals surface area contributed by atoms with Crippen LogP contribution in [-0.4, -0.2) is 34.8 Å². The molecule has 3 aliphatic carbocycles. The Hall–Kier alpha value is -1.91. The molecule has 5 heteroatoms. The normalized spacial score (nSPS) is 38.4. The number of nitrogens with one attached hydrogen (secondary N) is 1. The zero-order valence-corrected chi connectivity index (χ0v) is 22.1. The van der Waals surface area contributed by atoms with Gasteiger partial charge in [-0.15, -0.1) is 0 Å². The third-order valence-corrected chi connectivity index (χ3v) is 10.8. The molecule has 0 radical (unpaired) electrons. The fourth-order valence-electron chi connectivity index (χ4n) is 9.13. The van der Waals surface area contributed by atoms with Crippen molar-refractivity contribution in [2.24, 2.45) is 34.5 Å². The topological polar surface area (TPSA) is 62.3 Å². The highest BCUT2D eigenvalue weighted by Crippen LogP contribution is 2.65. The lowest BCUT2D eigenvalue weighted by Gasteiger charge is -2.62. The number of rotatable bonds is 7. The second-order valence-electron chi connectivity index (χ2n) is 12.8. The van der Waals surface area contributed by atoms with E-state index in [0.29, 0.717) is 29.6 Å². The highest BCUT2D eigenvalue weighted by Gasteiger charge is 2.60. The molecule has 1 N–H and O–H groups in total. The maximum Gasteiger partial charge on any atom is 0.225 e. The van der Waals surface area contributed by atoms with Gasteiger partial charge >= 0.3 is 0 Å². The maximum atomic E-state index is 13.3. The summed E-state index contributed by atoms with van der Waals surface area (Å²) in [5, 5.41) is 2.87. The van der Waals surface area contributed by atoms with Crippen LogP contribution in [0.3, 0.4) is 0 Å². The van der Waals surface area contributed by atoms with Crippen LogP contribution in [0.2, 0.25) is 0 Å². The van der Waals surface area contributed by atoms with E-state index in [-0.39, 0.29) is 17.2 Å². The first-order valence-electron chi connectivity index (χ1n) is 14.3. The highest BCUT2D eigenvalue weighted by molar-refractivity contribution is 5.89. The monoisotopic (exact) mass is 479 g/mol. The van der Waals surface area contributed by atoms with Crippen LogP contribution in [0.25, 0.3) is 0 Å². The average molecular weight is 480 g/mol. The first kappa shape index (κ1) is 24.8. The van der Waals surface area contributed by atoms with E-state index in [2.05, 4.69) is 36.1 Å². The number of piperidine rings is 1. The summed E-state index contributed by atoms with van der Waals surface area (Å²) in [4.78, 5) is 31.9. The van der Waals surface area contributed by atoms with Crippen LogP contribution in [0.15, 0.2) is 24.4 Å². The number of anilines is 1. The lowest BCUT2D eigenvalue weighted by atomic mass is 9.47. The molecular formula is C30H45N3O2. The van der Waals surface area contributed by atoms with E-state index in [9.17, 15) is 9.59 Å². The number of pyridine rings is 1. The zero-order chi connectivity index (χ0) is 24.6. The Morgan fingerprint density at radius 2 is 1.94 bits per heavy atom. The zero-order valence-electron chi connectivity index (χ0n) is 22.1.